The molecule has 0 atom stereocenters. The highest BCUT2D eigenvalue weighted by atomic mass is 32.2. The lowest BCUT2D eigenvalue weighted by molar-refractivity contribution is 0.0600. The number of rotatable bonds is 5. The van der Waals surface area contributed by atoms with E-state index in [4.69, 9.17) is 0 Å². The van der Waals surface area contributed by atoms with Crippen LogP contribution in [0.2, 0.25) is 0 Å². The van der Waals surface area contributed by atoms with Crippen LogP contribution in [0.1, 0.15) is 10.4 Å². The summed E-state index contributed by atoms with van der Waals surface area (Å²) in [5.74, 6) is -0.604. The molecule has 0 fully saturated rings. The Morgan fingerprint density at radius 3 is 2.76 bits per heavy atom. The van der Waals surface area contributed by atoms with Crippen LogP contribution in [0.15, 0.2) is 33.5 Å². The van der Waals surface area contributed by atoms with E-state index in [1.807, 2.05) is 6.26 Å². The molecular weight excluding hydrogens is 334 g/mol. The van der Waals surface area contributed by atoms with Gasteiger partial charge in [0, 0.05) is 0 Å². The van der Waals surface area contributed by atoms with Gasteiger partial charge in [-0.05, 0) is 24.5 Å². The summed E-state index contributed by atoms with van der Waals surface area (Å²) < 4.78 is 32.0. The first-order valence-corrected chi connectivity index (χ1v) is 9.07. The number of carbonyl (C=O) groups excluding carboxylic acids is 1. The maximum atomic E-state index is 12.2. The SMILES string of the molecule is COC(=O)c1cccc(S(=O)(=O)Nc2nnc(SC)s2)c1. The van der Waals surface area contributed by atoms with E-state index in [1.54, 1.807) is 0 Å². The number of benzene rings is 1. The first-order chi connectivity index (χ1) is 9.96. The fourth-order valence-electron chi connectivity index (χ4n) is 1.42. The molecule has 0 spiro atoms. The van der Waals surface area contributed by atoms with Gasteiger partial charge in [-0.3, -0.25) is 4.72 Å². The van der Waals surface area contributed by atoms with E-state index in [9.17, 15) is 13.2 Å². The molecule has 0 unspecified atom stereocenters. The lowest BCUT2D eigenvalue weighted by atomic mass is 10.2. The van der Waals surface area contributed by atoms with E-state index in [0.29, 0.717) is 4.34 Å². The van der Waals surface area contributed by atoms with Crippen molar-refractivity contribution in [2.24, 2.45) is 0 Å². The molecule has 1 aromatic heterocycles. The number of hydrogen-bond acceptors (Lipinski definition) is 8. The lowest BCUT2D eigenvalue weighted by Gasteiger charge is -2.06. The van der Waals surface area contributed by atoms with Gasteiger partial charge in [-0.2, -0.15) is 0 Å². The number of carbonyl (C=O) groups is 1. The number of aromatic nitrogens is 2. The zero-order valence-corrected chi connectivity index (χ0v) is 13.5. The minimum atomic E-state index is -3.83. The number of anilines is 1. The zero-order valence-electron chi connectivity index (χ0n) is 11.1. The molecule has 1 N–H and O–H groups in total. The molecule has 0 saturated heterocycles. The van der Waals surface area contributed by atoms with Gasteiger partial charge in [-0.15, -0.1) is 10.2 Å². The minimum Gasteiger partial charge on any atom is -0.465 e. The molecule has 0 aliphatic rings. The highest BCUT2D eigenvalue weighted by Crippen LogP contribution is 2.25. The molecule has 0 saturated carbocycles. The van der Waals surface area contributed by atoms with Gasteiger partial charge in [-0.1, -0.05) is 29.2 Å². The topological polar surface area (TPSA) is 98.2 Å². The van der Waals surface area contributed by atoms with Crippen molar-refractivity contribution in [1.29, 1.82) is 0 Å². The molecule has 0 aliphatic heterocycles. The van der Waals surface area contributed by atoms with Crippen molar-refractivity contribution < 1.29 is 17.9 Å². The van der Waals surface area contributed by atoms with Crippen LogP contribution in [-0.4, -0.2) is 38.0 Å². The average Bonchev–Trinajstić information content (AvgIpc) is 2.93. The smallest absolute Gasteiger partial charge is 0.337 e. The molecule has 0 radical (unpaired) electrons. The number of sulfonamides is 1. The Morgan fingerprint density at radius 2 is 2.14 bits per heavy atom. The molecule has 21 heavy (non-hydrogen) atoms. The molecule has 0 bridgehead atoms. The van der Waals surface area contributed by atoms with Crippen molar-refractivity contribution in [3.05, 3.63) is 29.8 Å². The van der Waals surface area contributed by atoms with Crippen LogP contribution in [0.4, 0.5) is 5.13 Å². The van der Waals surface area contributed by atoms with Crippen LogP contribution in [0.25, 0.3) is 0 Å². The quantitative estimate of drug-likeness (QED) is 0.652. The Kier molecular flexibility index (Phi) is 4.80. The zero-order chi connectivity index (χ0) is 15.5. The van der Waals surface area contributed by atoms with Crippen molar-refractivity contribution in [3.63, 3.8) is 0 Å². The standard InChI is InChI=1S/C11H11N3O4S3/c1-18-9(15)7-4-3-5-8(6-7)21(16,17)14-10-12-13-11(19-2)20-10/h3-6H,1-2H3,(H,12,14). The predicted octanol–water partition coefficient (Wildman–Crippen LogP) is 1.85. The number of esters is 1. The summed E-state index contributed by atoms with van der Waals surface area (Å²) in [6, 6.07) is 5.56. The number of hydrogen-bond donors (Lipinski definition) is 1. The van der Waals surface area contributed by atoms with Crippen molar-refractivity contribution in [3.8, 4) is 0 Å². The molecule has 0 amide bonds. The second kappa shape index (κ2) is 6.41. The first kappa shape index (κ1) is 15.7. The fraction of sp³-hybridized carbons (Fsp3) is 0.182. The van der Waals surface area contributed by atoms with E-state index in [2.05, 4.69) is 19.7 Å². The van der Waals surface area contributed by atoms with Crippen LogP contribution in [0.5, 0.6) is 0 Å². The molecule has 0 aliphatic carbocycles. The Morgan fingerprint density at radius 1 is 1.38 bits per heavy atom. The Hall–Kier alpha value is -1.65. The summed E-state index contributed by atoms with van der Waals surface area (Å²) in [5, 5.41) is 7.71. The lowest BCUT2D eigenvalue weighted by Crippen LogP contribution is -2.13. The summed E-state index contributed by atoms with van der Waals surface area (Å²) in [7, 11) is -2.60. The minimum absolute atomic E-state index is 0.0497. The van der Waals surface area contributed by atoms with Gasteiger partial charge in [0.05, 0.1) is 17.6 Å². The Balaban J connectivity index is 2.29. The number of ether oxygens (including phenoxy) is 1. The number of thioether (sulfide) groups is 1. The number of nitrogens with one attached hydrogen (secondary N) is 1. The molecule has 1 heterocycles. The van der Waals surface area contributed by atoms with Gasteiger partial charge < -0.3 is 4.74 Å². The highest BCUT2D eigenvalue weighted by molar-refractivity contribution is 8.00. The van der Waals surface area contributed by atoms with E-state index in [1.165, 1.54) is 43.1 Å². The van der Waals surface area contributed by atoms with Gasteiger partial charge >= 0.3 is 5.97 Å². The van der Waals surface area contributed by atoms with Crippen LogP contribution >= 0.6 is 23.1 Å². The van der Waals surface area contributed by atoms with Crippen molar-refractivity contribution in [1.82, 2.24) is 10.2 Å². The number of methoxy groups -OCH3 is 1. The van der Waals surface area contributed by atoms with E-state index in [-0.39, 0.29) is 15.6 Å². The summed E-state index contributed by atoms with van der Waals surface area (Å²) >= 11 is 2.50. The maximum Gasteiger partial charge on any atom is 0.337 e. The summed E-state index contributed by atoms with van der Waals surface area (Å²) in [6.45, 7) is 0. The van der Waals surface area contributed by atoms with Crippen molar-refractivity contribution in [2.75, 3.05) is 18.1 Å². The highest BCUT2D eigenvalue weighted by Gasteiger charge is 2.18. The summed E-state index contributed by atoms with van der Waals surface area (Å²) in [6.07, 6.45) is 1.82. The van der Waals surface area contributed by atoms with Gasteiger partial charge in [0.2, 0.25) is 5.13 Å². The van der Waals surface area contributed by atoms with Gasteiger partial charge in [-0.25, -0.2) is 13.2 Å². The predicted molar refractivity (Wildman–Crippen MR) is 80.3 cm³/mol. The third-order valence-electron chi connectivity index (χ3n) is 2.37. The van der Waals surface area contributed by atoms with E-state index >= 15 is 0 Å². The van der Waals surface area contributed by atoms with Gasteiger partial charge in [0.15, 0.2) is 4.34 Å². The number of nitrogens with zero attached hydrogens (tertiary/aromatic N) is 2. The molecule has 112 valence electrons. The summed E-state index contributed by atoms with van der Waals surface area (Å²) in [5.41, 5.74) is 0.155. The molecule has 7 nitrogen and oxygen atoms in total. The third kappa shape index (κ3) is 3.71. The van der Waals surface area contributed by atoms with E-state index in [0.717, 1.165) is 11.3 Å². The maximum absolute atomic E-state index is 12.2. The average molecular weight is 345 g/mol. The van der Waals surface area contributed by atoms with Crippen LogP contribution in [-0.2, 0) is 14.8 Å². The monoisotopic (exact) mass is 345 g/mol. The largest absolute Gasteiger partial charge is 0.465 e. The normalized spacial score (nSPS) is 11.1. The van der Waals surface area contributed by atoms with Gasteiger partial charge in [0.25, 0.3) is 10.0 Å². The first-order valence-electron chi connectivity index (χ1n) is 5.55. The summed E-state index contributed by atoms with van der Waals surface area (Å²) in [4.78, 5) is 11.4. The Labute approximate surface area is 129 Å². The second-order valence-corrected chi connectivity index (χ2v) is 7.42. The van der Waals surface area contributed by atoms with Crippen molar-refractivity contribution in [2.45, 2.75) is 9.24 Å². The van der Waals surface area contributed by atoms with Gasteiger partial charge in [0.1, 0.15) is 0 Å². The van der Waals surface area contributed by atoms with Crippen molar-refractivity contribution >= 4 is 44.2 Å². The van der Waals surface area contributed by atoms with Crippen LogP contribution in [0, 0.1) is 0 Å². The third-order valence-corrected chi connectivity index (χ3v) is 5.65. The molecule has 10 heteroatoms. The second-order valence-electron chi connectivity index (χ2n) is 3.70. The van der Waals surface area contributed by atoms with E-state index < -0.39 is 16.0 Å². The molecule has 1 aromatic carbocycles. The molecular formula is C11H11N3O4S3. The van der Waals surface area contributed by atoms with Crippen LogP contribution in [0.3, 0.4) is 0 Å². The van der Waals surface area contributed by atoms with Crippen LogP contribution < -0.4 is 4.72 Å². The fourth-order valence-corrected chi connectivity index (χ4v) is 3.86. The Bertz CT molecular complexity index is 758. The molecule has 2 aromatic rings. The molecule has 2 rings (SSSR count).